The summed E-state index contributed by atoms with van der Waals surface area (Å²) in [5.41, 5.74) is 0.201. The summed E-state index contributed by atoms with van der Waals surface area (Å²) in [6.07, 6.45) is 1.47. The second kappa shape index (κ2) is 8.93. The Labute approximate surface area is 164 Å². The first-order valence-electron chi connectivity index (χ1n) is 9.20. The van der Waals surface area contributed by atoms with Gasteiger partial charge in [0.25, 0.3) is 5.91 Å². The van der Waals surface area contributed by atoms with Crippen LogP contribution in [0, 0.1) is 0 Å². The van der Waals surface area contributed by atoms with Gasteiger partial charge in [-0.1, -0.05) is 24.9 Å². The van der Waals surface area contributed by atoms with Gasteiger partial charge in [0, 0.05) is 13.7 Å². The van der Waals surface area contributed by atoms with E-state index in [-0.39, 0.29) is 30.0 Å². The number of imidazole rings is 1. The number of aryl methyl sites for hydroxylation is 1. The fourth-order valence-electron chi connectivity index (χ4n) is 2.96. The molecule has 0 unspecified atom stereocenters. The van der Waals surface area contributed by atoms with Gasteiger partial charge in [-0.25, -0.2) is 9.78 Å². The van der Waals surface area contributed by atoms with Crippen molar-refractivity contribution in [2.45, 2.75) is 64.7 Å². The number of H-pyrrole nitrogens is 1. The standard InChI is InChI=1S/C18H29ClN4O4/c1-6-7-12-14(19)22-15(20-12)16(24)21-11-8-9-23(10-13(11)26-5)17(25)27-18(2,3)4/h11,13H,6-10H2,1-5H3,(H,20,22)(H,21,24)/t11-,13+/m1/s1. The number of hydrogen-bond acceptors (Lipinski definition) is 5. The van der Waals surface area contributed by atoms with Crippen molar-refractivity contribution in [3.8, 4) is 0 Å². The van der Waals surface area contributed by atoms with Crippen LogP contribution in [0.4, 0.5) is 4.79 Å². The van der Waals surface area contributed by atoms with E-state index in [9.17, 15) is 9.59 Å². The molecule has 0 saturated carbocycles. The van der Waals surface area contributed by atoms with Crippen molar-refractivity contribution < 1.29 is 19.1 Å². The Balaban J connectivity index is 1.98. The minimum atomic E-state index is -0.556. The molecule has 1 aliphatic rings. The van der Waals surface area contributed by atoms with E-state index in [0.717, 1.165) is 18.5 Å². The molecule has 1 saturated heterocycles. The predicted molar refractivity (Wildman–Crippen MR) is 102 cm³/mol. The first-order valence-corrected chi connectivity index (χ1v) is 9.58. The van der Waals surface area contributed by atoms with E-state index in [2.05, 4.69) is 15.3 Å². The molecule has 0 spiro atoms. The molecule has 152 valence electrons. The molecular weight excluding hydrogens is 372 g/mol. The van der Waals surface area contributed by atoms with E-state index in [1.54, 1.807) is 12.0 Å². The Bertz CT molecular complexity index is 671. The van der Waals surface area contributed by atoms with Gasteiger partial charge in [0.15, 0.2) is 11.0 Å². The zero-order valence-electron chi connectivity index (χ0n) is 16.6. The lowest BCUT2D eigenvalue weighted by Gasteiger charge is -2.38. The maximum Gasteiger partial charge on any atom is 0.410 e. The van der Waals surface area contributed by atoms with Gasteiger partial charge in [0.05, 0.1) is 24.4 Å². The normalized spacial score (nSPS) is 20.4. The van der Waals surface area contributed by atoms with E-state index in [0.29, 0.717) is 24.7 Å². The number of aromatic nitrogens is 2. The molecule has 2 N–H and O–H groups in total. The second-order valence-corrected chi connectivity index (χ2v) is 8.03. The van der Waals surface area contributed by atoms with E-state index in [1.807, 2.05) is 27.7 Å². The number of carbonyl (C=O) groups excluding carboxylic acids is 2. The minimum Gasteiger partial charge on any atom is -0.444 e. The lowest BCUT2D eigenvalue weighted by atomic mass is 10.0. The molecule has 8 nitrogen and oxygen atoms in total. The van der Waals surface area contributed by atoms with E-state index in [1.165, 1.54) is 0 Å². The van der Waals surface area contributed by atoms with Crippen LogP contribution in [-0.4, -0.2) is 64.8 Å². The van der Waals surface area contributed by atoms with Gasteiger partial charge >= 0.3 is 6.09 Å². The largest absolute Gasteiger partial charge is 0.444 e. The summed E-state index contributed by atoms with van der Waals surface area (Å²) >= 11 is 6.07. The number of aromatic amines is 1. The Morgan fingerprint density at radius 2 is 2.11 bits per heavy atom. The third-order valence-electron chi connectivity index (χ3n) is 4.27. The molecule has 2 amide bonds. The fraction of sp³-hybridized carbons (Fsp3) is 0.722. The molecule has 0 aromatic carbocycles. The fourth-order valence-corrected chi connectivity index (χ4v) is 3.19. The van der Waals surface area contributed by atoms with Crippen molar-refractivity contribution in [1.29, 1.82) is 0 Å². The van der Waals surface area contributed by atoms with Crippen LogP contribution in [0.15, 0.2) is 0 Å². The van der Waals surface area contributed by atoms with Crippen molar-refractivity contribution in [1.82, 2.24) is 20.2 Å². The highest BCUT2D eigenvalue weighted by Crippen LogP contribution is 2.19. The first-order chi connectivity index (χ1) is 12.6. The highest BCUT2D eigenvalue weighted by Gasteiger charge is 2.35. The third-order valence-corrected chi connectivity index (χ3v) is 4.59. The molecule has 1 aromatic heterocycles. The Morgan fingerprint density at radius 3 is 2.70 bits per heavy atom. The SMILES string of the molecule is CCCc1[nH]c(C(=O)N[C@@H]2CCN(C(=O)OC(C)(C)C)C[C@@H]2OC)nc1Cl. The highest BCUT2D eigenvalue weighted by atomic mass is 35.5. The van der Waals surface area contributed by atoms with Crippen molar-refractivity contribution in [3.05, 3.63) is 16.7 Å². The van der Waals surface area contributed by atoms with Crippen molar-refractivity contribution >= 4 is 23.6 Å². The van der Waals surface area contributed by atoms with Crippen LogP contribution < -0.4 is 5.32 Å². The molecule has 2 atom stereocenters. The van der Waals surface area contributed by atoms with Crippen LogP contribution >= 0.6 is 11.6 Å². The molecule has 0 bridgehead atoms. The molecule has 0 aliphatic carbocycles. The average Bonchev–Trinajstić information content (AvgIpc) is 2.95. The zero-order valence-corrected chi connectivity index (χ0v) is 17.4. The molecule has 1 aliphatic heterocycles. The number of likely N-dealkylation sites (tertiary alicyclic amines) is 1. The van der Waals surface area contributed by atoms with Crippen LogP contribution in [0.5, 0.6) is 0 Å². The number of methoxy groups -OCH3 is 1. The number of amides is 2. The van der Waals surface area contributed by atoms with E-state index < -0.39 is 5.60 Å². The molecule has 1 aromatic rings. The van der Waals surface area contributed by atoms with Crippen LogP contribution in [0.1, 0.15) is 56.8 Å². The first kappa shape index (κ1) is 21.5. The summed E-state index contributed by atoms with van der Waals surface area (Å²) in [5.74, 6) is -0.148. The summed E-state index contributed by atoms with van der Waals surface area (Å²) < 4.78 is 10.9. The Morgan fingerprint density at radius 1 is 1.41 bits per heavy atom. The van der Waals surface area contributed by atoms with Crippen molar-refractivity contribution in [2.75, 3.05) is 20.2 Å². The zero-order chi connectivity index (χ0) is 20.2. The number of carbonyl (C=O) groups is 2. The molecule has 2 rings (SSSR count). The summed E-state index contributed by atoms with van der Waals surface area (Å²) in [6, 6.07) is -0.236. The summed E-state index contributed by atoms with van der Waals surface area (Å²) in [7, 11) is 1.56. The average molecular weight is 401 g/mol. The number of ether oxygens (including phenoxy) is 2. The number of rotatable bonds is 5. The van der Waals surface area contributed by atoms with E-state index in [4.69, 9.17) is 21.1 Å². The third kappa shape index (κ3) is 5.84. The van der Waals surface area contributed by atoms with Crippen LogP contribution in [0.25, 0.3) is 0 Å². The predicted octanol–water partition coefficient (Wildman–Crippen LogP) is 2.77. The number of nitrogens with one attached hydrogen (secondary N) is 2. The number of nitrogens with zero attached hydrogens (tertiary/aromatic N) is 2. The number of halogens is 1. The van der Waals surface area contributed by atoms with Gasteiger partial charge in [0.1, 0.15) is 5.60 Å². The van der Waals surface area contributed by atoms with Crippen LogP contribution in [0.2, 0.25) is 5.15 Å². The molecule has 2 heterocycles. The Hall–Kier alpha value is -1.80. The number of hydrogen-bond donors (Lipinski definition) is 2. The Kier molecular flexibility index (Phi) is 7.11. The molecule has 0 radical (unpaired) electrons. The lowest BCUT2D eigenvalue weighted by Crippen LogP contribution is -2.56. The van der Waals surface area contributed by atoms with E-state index >= 15 is 0 Å². The maximum atomic E-state index is 12.5. The molecule has 9 heteroatoms. The van der Waals surface area contributed by atoms with Crippen LogP contribution in [-0.2, 0) is 15.9 Å². The number of piperidine rings is 1. The van der Waals surface area contributed by atoms with Gasteiger partial charge in [-0.05, 0) is 33.6 Å². The molecule has 27 heavy (non-hydrogen) atoms. The summed E-state index contributed by atoms with van der Waals surface area (Å²) in [4.78, 5) is 33.5. The van der Waals surface area contributed by atoms with Gasteiger partial charge in [-0.3, -0.25) is 4.79 Å². The molecule has 1 fully saturated rings. The van der Waals surface area contributed by atoms with Crippen LogP contribution in [0.3, 0.4) is 0 Å². The minimum absolute atomic E-state index is 0.188. The monoisotopic (exact) mass is 400 g/mol. The van der Waals surface area contributed by atoms with Crippen molar-refractivity contribution in [3.63, 3.8) is 0 Å². The smallest absolute Gasteiger partial charge is 0.410 e. The van der Waals surface area contributed by atoms with Gasteiger partial charge in [0.2, 0.25) is 0 Å². The lowest BCUT2D eigenvalue weighted by molar-refractivity contribution is -0.0172. The highest BCUT2D eigenvalue weighted by molar-refractivity contribution is 6.30. The van der Waals surface area contributed by atoms with Gasteiger partial charge < -0.3 is 24.7 Å². The van der Waals surface area contributed by atoms with Gasteiger partial charge in [-0.2, -0.15) is 0 Å². The molecular formula is C18H29ClN4O4. The quantitative estimate of drug-likeness (QED) is 0.792. The second-order valence-electron chi connectivity index (χ2n) is 7.67. The summed E-state index contributed by atoms with van der Waals surface area (Å²) in [6.45, 7) is 8.32. The maximum absolute atomic E-state index is 12.5. The van der Waals surface area contributed by atoms with Gasteiger partial charge in [-0.15, -0.1) is 0 Å². The summed E-state index contributed by atoms with van der Waals surface area (Å²) in [5, 5.41) is 3.26. The van der Waals surface area contributed by atoms with Crippen molar-refractivity contribution in [2.24, 2.45) is 0 Å². The topological polar surface area (TPSA) is 96.6 Å².